The van der Waals surface area contributed by atoms with E-state index in [1.54, 1.807) is 6.92 Å². The molecule has 0 aliphatic heterocycles. The van der Waals surface area contributed by atoms with Gasteiger partial charge in [0.15, 0.2) is 18.2 Å². The Kier molecular flexibility index (Phi) is 6.87. The number of hydrogen-bond donors (Lipinski definition) is 2. The molecule has 0 saturated heterocycles. The quantitative estimate of drug-likeness (QED) is 0.409. The number of carbonyl (C=O) groups is 2. The van der Waals surface area contributed by atoms with Gasteiger partial charge in [-0.05, 0) is 19.4 Å². The van der Waals surface area contributed by atoms with E-state index in [1.165, 1.54) is 24.3 Å². The van der Waals surface area contributed by atoms with Crippen molar-refractivity contribution in [1.82, 2.24) is 5.32 Å². The predicted octanol–water partition coefficient (Wildman–Crippen LogP) is 2.65. The summed E-state index contributed by atoms with van der Waals surface area (Å²) in [4.78, 5) is 23.8. The Morgan fingerprint density at radius 1 is 1.30 bits per heavy atom. The summed E-state index contributed by atoms with van der Waals surface area (Å²) in [7, 11) is 0. The number of aromatic nitrogens is 1. The second-order valence-corrected chi connectivity index (χ2v) is 6.71. The molecule has 8 heteroatoms. The summed E-state index contributed by atoms with van der Waals surface area (Å²) in [5.41, 5.74) is 5.38. The fraction of sp³-hybridized carbons (Fsp3) is 0.316. The number of benzene rings is 1. The van der Waals surface area contributed by atoms with Crippen LogP contribution in [-0.4, -0.2) is 17.7 Å². The van der Waals surface area contributed by atoms with Crippen LogP contribution in [0.5, 0.6) is 0 Å². The Morgan fingerprint density at radius 2 is 1.93 bits per heavy atom. The summed E-state index contributed by atoms with van der Waals surface area (Å²) in [5.74, 6) is -1.80. The molecule has 0 unspecified atom stereocenters. The van der Waals surface area contributed by atoms with Crippen molar-refractivity contribution in [2.75, 3.05) is 0 Å². The first kappa shape index (κ1) is 20.8. The zero-order chi connectivity index (χ0) is 20.1. The van der Waals surface area contributed by atoms with Gasteiger partial charge in [0.1, 0.15) is 5.82 Å². The fourth-order valence-corrected chi connectivity index (χ4v) is 3.12. The molecule has 0 bridgehead atoms. The van der Waals surface area contributed by atoms with Gasteiger partial charge in [0, 0.05) is 41.8 Å². The van der Waals surface area contributed by atoms with Gasteiger partial charge in [0.05, 0.1) is 10.6 Å². The van der Waals surface area contributed by atoms with Crippen LogP contribution >= 0.6 is 11.6 Å². The minimum atomic E-state index is -0.725. The number of nitrogens with zero attached hydrogens (tertiary/aromatic N) is 1. The third-order valence-electron chi connectivity index (χ3n) is 4.19. The van der Waals surface area contributed by atoms with Crippen LogP contribution in [0.15, 0.2) is 36.7 Å². The lowest BCUT2D eigenvalue weighted by Gasteiger charge is -2.23. The van der Waals surface area contributed by atoms with E-state index < -0.39 is 23.5 Å². The summed E-state index contributed by atoms with van der Waals surface area (Å²) in [6.45, 7) is 3.63. The lowest BCUT2D eigenvalue weighted by Crippen LogP contribution is -2.34. The highest BCUT2D eigenvalue weighted by molar-refractivity contribution is 6.35. The smallest absolute Gasteiger partial charge is 0.218 e. The number of pyridine rings is 1. The van der Waals surface area contributed by atoms with E-state index in [9.17, 15) is 14.8 Å². The van der Waals surface area contributed by atoms with Crippen LogP contribution in [0.3, 0.4) is 0 Å². The molecule has 1 aromatic carbocycles. The molecule has 6 nitrogen and oxygen atoms in total. The van der Waals surface area contributed by atoms with Gasteiger partial charge in [-0.1, -0.05) is 24.6 Å². The summed E-state index contributed by atoms with van der Waals surface area (Å²) >= 11 is 6.09. The number of carbonyl (C=O) groups excluding carboxylic acids is 2. The van der Waals surface area contributed by atoms with Crippen molar-refractivity contribution in [2.24, 2.45) is 5.73 Å². The monoisotopic (exact) mass is 393 g/mol. The van der Waals surface area contributed by atoms with Crippen LogP contribution in [0.1, 0.15) is 54.2 Å². The number of primary amides is 1. The highest BCUT2D eigenvalue weighted by Gasteiger charge is 2.25. The number of amides is 1. The van der Waals surface area contributed by atoms with E-state index in [1.807, 2.05) is 6.92 Å². The van der Waals surface area contributed by atoms with Crippen molar-refractivity contribution < 1.29 is 18.7 Å². The van der Waals surface area contributed by atoms with Crippen molar-refractivity contribution in [3.63, 3.8) is 0 Å². The van der Waals surface area contributed by atoms with Gasteiger partial charge < -0.3 is 16.3 Å². The van der Waals surface area contributed by atoms with E-state index in [0.717, 1.165) is 12.4 Å². The predicted molar refractivity (Wildman–Crippen MR) is 99.7 cm³/mol. The van der Waals surface area contributed by atoms with E-state index in [-0.39, 0.29) is 34.2 Å². The van der Waals surface area contributed by atoms with E-state index in [0.29, 0.717) is 11.2 Å². The minimum Gasteiger partial charge on any atom is -0.619 e. The maximum Gasteiger partial charge on any atom is 0.218 e. The largest absolute Gasteiger partial charge is 0.619 e. The SMILES string of the molecule is CC[C@@H](N[C@H](C)CC(N)=O)c1ccc(Cl)c(C(=O)c2cc[n+]([O-])cc2)c1F. The number of nitrogens with two attached hydrogens (primary N) is 1. The van der Waals surface area contributed by atoms with Gasteiger partial charge in [-0.3, -0.25) is 9.59 Å². The lowest BCUT2D eigenvalue weighted by molar-refractivity contribution is -0.605. The van der Waals surface area contributed by atoms with Crippen LogP contribution in [0.4, 0.5) is 4.39 Å². The Labute approximate surface area is 161 Å². The van der Waals surface area contributed by atoms with Gasteiger partial charge in [0.2, 0.25) is 5.91 Å². The molecule has 0 spiro atoms. The van der Waals surface area contributed by atoms with Gasteiger partial charge in [-0.2, -0.15) is 4.73 Å². The Balaban J connectivity index is 2.39. The summed E-state index contributed by atoms with van der Waals surface area (Å²) in [5, 5.41) is 14.3. The van der Waals surface area contributed by atoms with Crippen molar-refractivity contribution in [2.45, 2.75) is 38.8 Å². The van der Waals surface area contributed by atoms with Crippen molar-refractivity contribution in [3.8, 4) is 0 Å². The molecule has 2 rings (SSSR count). The third kappa shape index (κ3) is 5.02. The summed E-state index contributed by atoms with van der Waals surface area (Å²) < 4.78 is 15.7. The highest BCUT2D eigenvalue weighted by Crippen LogP contribution is 2.30. The van der Waals surface area contributed by atoms with Crippen molar-refractivity contribution in [3.05, 3.63) is 69.4 Å². The molecule has 0 aliphatic carbocycles. The van der Waals surface area contributed by atoms with Gasteiger partial charge in [-0.15, -0.1) is 0 Å². The van der Waals surface area contributed by atoms with Gasteiger partial charge >= 0.3 is 0 Å². The zero-order valence-electron chi connectivity index (χ0n) is 15.0. The Morgan fingerprint density at radius 3 is 2.48 bits per heavy atom. The second-order valence-electron chi connectivity index (χ2n) is 6.30. The topological polar surface area (TPSA) is 99.1 Å². The summed E-state index contributed by atoms with van der Waals surface area (Å²) in [6, 6.07) is 4.91. The van der Waals surface area contributed by atoms with E-state index in [4.69, 9.17) is 17.3 Å². The fourth-order valence-electron chi connectivity index (χ4n) is 2.89. The van der Waals surface area contributed by atoms with Crippen LogP contribution in [0, 0.1) is 11.0 Å². The molecule has 0 aliphatic rings. The molecule has 0 saturated carbocycles. The molecule has 2 aromatic rings. The first-order valence-corrected chi connectivity index (χ1v) is 8.88. The molecule has 144 valence electrons. The number of nitrogens with one attached hydrogen (secondary N) is 1. The van der Waals surface area contributed by atoms with Crippen LogP contribution in [-0.2, 0) is 4.79 Å². The molecule has 27 heavy (non-hydrogen) atoms. The van der Waals surface area contributed by atoms with Crippen molar-refractivity contribution in [1.29, 1.82) is 0 Å². The number of hydrogen-bond acceptors (Lipinski definition) is 4. The highest BCUT2D eigenvalue weighted by atomic mass is 35.5. The average molecular weight is 394 g/mol. The van der Waals surface area contributed by atoms with Crippen LogP contribution < -0.4 is 15.8 Å². The molecular formula is C19H21ClFN3O3. The van der Waals surface area contributed by atoms with E-state index in [2.05, 4.69) is 5.32 Å². The molecule has 0 radical (unpaired) electrons. The maximum atomic E-state index is 15.2. The molecule has 2 atom stereocenters. The molecular weight excluding hydrogens is 373 g/mol. The van der Waals surface area contributed by atoms with Gasteiger partial charge in [0.25, 0.3) is 0 Å². The number of ketones is 1. The normalized spacial score (nSPS) is 13.2. The van der Waals surface area contributed by atoms with E-state index >= 15 is 4.39 Å². The molecule has 1 aromatic heterocycles. The van der Waals surface area contributed by atoms with Gasteiger partial charge in [-0.25, -0.2) is 4.39 Å². The zero-order valence-corrected chi connectivity index (χ0v) is 15.8. The number of rotatable bonds is 8. The number of halogens is 2. The molecule has 1 amide bonds. The summed E-state index contributed by atoms with van der Waals surface area (Å²) in [6.07, 6.45) is 2.95. The standard InChI is InChI=1S/C19H21ClFN3O3/c1-3-15(23-11(2)10-16(22)25)13-4-5-14(20)17(18(13)21)19(26)12-6-8-24(27)9-7-12/h4-9,11,15,23H,3,10H2,1-2H3,(H2,22,25)/t11-,15-/m1/s1. The maximum absolute atomic E-state index is 15.2. The molecule has 3 N–H and O–H groups in total. The first-order valence-electron chi connectivity index (χ1n) is 8.50. The first-order chi connectivity index (χ1) is 12.7. The van der Waals surface area contributed by atoms with Crippen LogP contribution in [0.2, 0.25) is 5.02 Å². The van der Waals surface area contributed by atoms with Crippen LogP contribution in [0.25, 0.3) is 0 Å². The lowest BCUT2D eigenvalue weighted by atomic mass is 9.96. The second kappa shape index (κ2) is 8.92. The average Bonchev–Trinajstić information content (AvgIpc) is 2.60. The molecule has 1 heterocycles. The minimum absolute atomic E-state index is 0.0138. The van der Waals surface area contributed by atoms with Crippen molar-refractivity contribution >= 4 is 23.3 Å². The Bertz CT molecular complexity index is 843. The molecule has 0 fully saturated rings. The Hall–Kier alpha value is -2.51. The third-order valence-corrected chi connectivity index (χ3v) is 4.50.